The lowest BCUT2D eigenvalue weighted by atomic mass is 10.0. The molecule has 1 aromatic rings. The van der Waals surface area contributed by atoms with Crippen molar-refractivity contribution >= 4 is 0 Å². The zero-order valence-electron chi connectivity index (χ0n) is 10.6. The minimum atomic E-state index is -0.00618. The SMILES string of the molecule is Cc1cc2c(cc1C(CO)NC1CC1)OCCO2. The minimum absolute atomic E-state index is 0.00618. The van der Waals surface area contributed by atoms with Crippen molar-refractivity contribution in [1.82, 2.24) is 5.32 Å². The van der Waals surface area contributed by atoms with Gasteiger partial charge in [-0.25, -0.2) is 0 Å². The number of nitrogens with one attached hydrogen (secondary N) is 1. The summed E-state index contributed by atoms with van der Waals surface area (Å²) in [5, 5.41) is 13.0. The zero-order chi connectivity index (χ0) is 12.5. The second-order valence-electron chi connectivity index (χ2n) is 5.03. The van der Waals surface area contributed by atoms with Gasteiger partial charge in [0.15, 0.2) is 11.5 Å². The molecule has 1 aromatic carbocycles. The Hall–Kier alpha value is -1.26. The minimum Gasteiger partial charge on any atom is -0.486 e. The Morgan fingerprint density at radius 2 is 1.94 bits per heavy atom. The largest absolute Gasteiger partial charge is 0.486 e. The van der Waals surface area contributed by atoms with Gasteiger partial charge in [0.05, 0.1) is 12.6 Å². The van der Waals surface area contributed by atoms with Crippen molar-refractivity contribution in [1.29, 1.82) is 0 Å². The summed E-state index contributed by atoms with van der Waals surface area (Å²) in [5.41, 5.74) is 2.24. The van der Waals surface area contributed by atoms with Gasteiger partial charge in [-0.05, 0) is 43.0 Å². The lowest BCUT2D eigenvalue weighted by Crippen LogP contribution is -2.27. The van der Waals surface area contributed by atoms with Crippen LogP contribution >= 0.6 is 0 Å². The van der Waals surface area contributed by atoms with Crippen LogP contribution in [0.25, 0.3) is 0 Å². The van der Waals surface area contributed by atoms with Crippen LogP contribution in [0.5, 0.6) is 11.5 Å². The van der Waals surface area contributed by atoms with E-state index in [1.165, 1.54) is 12.8 Å². The highest BCUT2D eigenvalue weighted by molar-refractivity contribution is 5.48. The Bertz CT molecular complexity index is 443. The maximum atomic E-state index is 9.55. The molecule has 1 aliphatic heterocycles. The van der Waals surface area contributed by atoms with E-state index in [9.17, 15) is 5.11 Å². The van der Waals surface area contributed by atoms with Crippen molar-refractivity contribution in [2.24, 2.45) is 0 Å². The number of hydrogen-bond donors (Lipinski definition) is 2. The maximum absolute atomic E-state index is 9.55. The van der Waals surface area contributed by atoms with Gasteiger partial charge in [0.2, 0.25) is 0 Å². The number of hydrogen-bond acceptors (Lipinski definition) is 4. The van der Waals surface area contributed by atoms with Crippen LogP contribution in [0.3, 0.4) is 0 Å². The fourth-order valence-corrected chi connectivity index (χ4v) is 2.36. The van der Waals surface area contributed by atoms with Crippen molar-refractivity contribution < 1.29 is 14.6 Å². The van der Waals surface area contributed by atoms with Crippen LogP contribution in [-0.4, -0.2) is 31.0 Å². The lowest BCUT2D eigenvalue weighted by molar-refractivity contribution is 0.170. The molecule has 2 aliphatic rings. The Balaban J connectivity index is 1.89. The summed E-state index contributed by atoms with van der Waals surface area (Å²) in [6, 6.07) is 4.56. The van der Waals surface area contributed by atoms with Crippen LogP contribution in [-0.2, 0) is 0 Å². The van der Waals surface area contributed by atoms with Crippen molar-refractivity contribution in [3.8, 4) is 11.5 Å². The number of aliphatic hydroxyl groups excluding tert-OH is 1. The third-order valence-electron chi connectivity index (χ3n) is 3.50. The molecular weight excluding hydrogens is 230 g/mol. The van der Waals surface area contributed by atoms with Crippen LogP contribution in [0.4, 0.5) is 0 Å². The number of aliphatic hydroxyl groups is 1. The van der Waals surface area contributed by atoms with Crippen molar-refractivity contribution in [2.75, 3.05) is 19.8 Å². The lowest BCUT2D eigenvalue weighted by Gasteiger charge is -2.24. The maximum Gasteiger partial charge on any atom is 0.161 e. The quantitative estimate of drug-likeness (QED) is 0.850. The standard InChI is InChI=1S/C14H19NO3/c1-9-6-13-14(18-5-4-17-13)7-11(9)12(8-16)15-10-2-3-10/h6-7,10,12,15-16H,2-5,8H2,1H3. The average molecular weight is 249 g/mol. The molecule has 4 heteroatoms. The first-order valence-electron chi connectivity index (χ1n) is 6.55. The van der Waals surface area contributed by atoms with Gasteiger partial charge >= 0.3 is 0 Å². The topological polar surface area (TPSA) is 50.7 Å². The second kappa shape index (κ2) is 4.78. The van der Waals surface area contributed by atoms with Gasteiger partial charge in [0, 0.05) is 6.04 Å². The highest BCUT2D eigenvalue weighted by Crippen LogP contribution is 2.36. The molecule has 0 radical (unpaired) electrons. The number of ether oxygens (including phenoxy) is 2. The predicted octanol–water partition coefficient (Wildman–Crippen LogP) is 1.55. The van der Waals surface area contributed by atoms with Crippen molar-refractivity contribution in [2.45, 2.75) is 31.8 Å². The van der Waals surface area contributed by atoms with E-state index in [1.807, 2.05) is 19.1 Å². The zero-order valence-corrected chi connectivity index (χ0v) is 10.6. The predicted molar refractivity (Wildman–Crippen MR) is 68.2 cm³/mol. The van der Waals surface area contributed by atoms with Gasteiger partial charge in [-0.15, -0.1) is 0 Å². The van der Waals surface area contributed by atoms with E-state index in [-0.39, 0.29) is 12.6 Å². The van der Waals surface area contributed by atoms with E-state index < -0.39 is 0 Å². The first-order chi connectivity index (χ1) is 8.78. The third-order valence-corrected chi connectivity index (χ3v) is 3.50. The molecule has 2 N–H and O–H groups in total. The van der Waals surface area contributed by atoms with Crippen LogP contribution in [0.15, 0.2) is 12.1 Å². The van der Waals surface area contributed by atoms with E-state index >= 15 is 0 Å². The first-order valence-corrected chi connectivity index (χ1v) is 6.55. The van der Waals surface area contributed by atoms with Gasteiger partial charge in [0.25, 0.3) is 0 Å². The van der Waals surface area contributed by atoms with E-state index in [0.717, 1.165) is 22.6 Å². The van der Waals surface area contributed by atoms with Crippen LogP contribution in [0.1, 0.15) is 30.0 Å². The van der Waals surface area contributed by atoms with Crippen LogP contribution < -0.4 is 14.8 Å². The number of aryl methyl sites for hydroxylation is 1. The highest BCUT2D eigenvalue weighted by Gasteiger charge is 2.26. The molecule has 0 spiro atoms. The smallest absolute Gasteiger partial charge is 0.161 e. The fraction of sp³-hybridized carbons (Fsp3) is 0.571. The summed E-state index contributed by atoms with van der Waals surface area (Å²) in [7, 11) is 0. The molecule has 0 aromatic heterocycles. The molecule has 4 nitrogen and oxygen atoms in total. The van der Waals surface area contributed by atoms with Gasteiger partial charge in [-0.3, -0.25) is 0 Å². The van der Waals surface area contributed by atoms with Crippen molar-refractivity contribution in [3.63, 3.8) is 0 Å². The summed E-state index contributed by atoms with van der Waals surface area (Å²) in [5.74, 6) is 1.60. The summed E-state index contributed by atoms with van der Waals surface area (Å²) in [6.45, 7) is 3.35. The molecule has 98 valence electrons. The summed E-state index contributed by atoms with van der Waals surface area (Å²) in [4.78, 5) is 0. The summed E-state index contributed by atoms with van der Waals surface area (Å²) in [6.07, 6.45) is 2.42. The molecule has 1 fully saturated rings. The number of fused-ring (bicyclic) bond motifs is 1. The van der Waals surface area contributed by atoms with Gasteiger partial charge in [-0.1, -0.05) is 0 Å². The summed E-state index contributed by atoms with van der Waals surface area (Å²) < 4.78 is 11.2. The van der Waals surface area contributed by atoms with Gasteiger partial charge < -0.3 is 19.9 Å². The Labute approximate surface area is 107 Å². The van der Waals surface area contributed by atoms with Crippen LogP contribution in [0.2, 0.25) is 0 Å². The molecule has 1 heterocycles. The van der Waals surface area contributed by atoms with E-state index in [1.54, 1.807) is 0 Å². The Kier molecular flexibility index (Phi) is 3.14. The molecule has 1 unspecified atom stereocenters. The molecule has 0 amide bonds. The Morgan fingerprint density at radius 3 is 2.56 bits per heavy atom. The first kappa shape index (κ1) is 11.8. The number of benzene rings is 1. The molecule has 1 atom stereocenters. The monoisotopic (exact) mass is 249 g/mol. The van der Waals surface area contributed by atoms with Crippen LogP contribution in [0, 0.1) is 6.92 Å². The molecule has 1 saturated carbocycles. The fourth-order valence-electron chi connectivity index (χ4n) is 2.36. The summed E-state index contributed by atoms with van der Waals surface area (Å²) >= 11 is 0. The molecule has 18 heavy (non-hydrogen) atoms. The van der Waals surface area contributed by atoms with Gasteiger partial charge in [-0.2, -0.15) is 0 Å². The van der Waals surface area contributed by atoms with E-state index in [2.05, 4.69) is 5.32 Å². The highest BCUT2D eigenvalue weighted by atomic mass is 16.6. The van der Waals surface area contributed by atoms with E-state index in [4.69, 9.17) is 9.47 Å². The normalized spacial score (nSPS) is 19.7. The van der Waals surface area contributed by atoms with E-state index in [0.29, 0.717) is 19.3 Å². The van der Waals surface area contributed by atoms with Crippen molar-refractivity contribution in [3.05, 3.63) is 23.3 Å². The second-order valence-corrected chi connectivity index (χ2v) is 5.03. The average Bonchev–Trinajstić information content (AvgIpc) is 3.19. The Morgan fingerprint density at radius 1 is 1.28 bits per heavy atom. The molecule has 0 bridgehead atoms. The molecular formula is C14H19NO3. The molecule has 0 saturated heterocycles. The molecule has 3 rings (SSSR count). The van der Waals surface area contributed by atoms with Gasteiger partial charge in [0.1, 0.15) is 13.2 Å². The number of rotatable bonds is 4. The third kappa shape index (κ3) is 2.31. The molecule has 1 aliphatic carbocycles.